The maximum atomic E-state index is 12.6. The number of nitrogens with zero attached hydrogens (tertiary/aromatic N) is 1. The lowest BCUT2D eigenvalue weighted by Gasteiger charge is -2.38. The summed E-state index contributed by atoms with van der Waals surface area (Å²) in [5.41, 5.74) is 6.50. The zero-order valence-electron chi connectivity index (χ0n) is 12.6. The molecule has 21 heavy (non-hydrogen) atoms. The van der Waals surface area contributed by atoms with Crippen LogP contribution in [0.4, 0.5) is 0 Å². The molecule has 0 saturated carbocycles. The predicted molar refractivity (Wildman–Crippen MR) is 84.2 cm³/mol. The number of halogens is 1. The van der Waals surface area contributed by atoms with Gasteiger partial charge in [0.1, 0.15) is 6.10 Å². The van der Waals surface area contributed by atoms with Gasteiger partial charge in [0.2, 0.25) is 5.91 Å². The Morgan fingerprint density at radius 2 is 2.00 bits per heavy atom. The van der Waals surface area contributed by atoms with Crippen LogP contribution < -0.4 is 5.73 Å². The molecule has 0 aromatic heterocycles. The van der Waals surface area contributed by atoms with E-state index in [9.17, 15) is 4.79 Å². The van der Waals surface area contributed by atoms with E-state index in [-0.39, 0.29) is 12.0 Å². The summed E-state index contributed by atoms with van der Waals surface area (Å²) in [7, 11) is 0. The molecular weight excluding hydrogens is 288 g/mol. The molecule has 2 N–H and O–H groups in total. The fourth-order valence-electron chi connectivity index (χ4n) is 2.58. The van der Waals surface area contributed by atoms with E-state index in [0.29, 0.717) is 37.6 Å². The minimum Gasteiger partial charge on any atom is -0.370 e. The summed E-state index contributed by atoms with van der Waals surface area (Å²) in [5, 5.41) is 0.695. The number of ether oxygens (including phenoxy) is 1. The molecule has 2 rings (SSSR count). The number of benzene rings is 1. The van der Waals surface area contributed by atoms with Crippen LogP contribution in [0.2, 0.25) is 5.02 Å². The van der Waals surface area contributed by atoms with E-state index < -0.39 is 5.54 Å². The predicted octanol–water partition coefficient (Wildman–Crippen LogP) is 2.76. The van der Waals surface area contributed by atoms with Crippen molar-refractivity contribution in [1.82, 2.24) is 4.90 Å². The Kier molecular flexibility index (Phi) is 5.25. The molecule has 5 heteroatoms. The molecule has 1 unspecified atom stereocenters. The van der Waals surface area contributed by atoms with Crippen molar-refractivity contribution in [1.29, 1.82) is 0 Å². The molecule has 1 aliphatic heterocycles. The van der Waals surface area contributed by atoms with E-state index in [1.54, 1.807) is 0 Å². The Labute approximate surface area is 131 Å². The monoisotopic (exact) mass is 310 g/mol. The summed E-state index contributed by atoms with van der Waals surface area (Å²) in [6, 6.07) is 7.56. The van der Waals surface area contributed by atoms with Gasteiger partial charge in [-0.05, 0) is 30.5 Å². The van der Waals surface area contributed by atoms with Gasteiger partial charge >= 0.3 is 0 Å². The van der Waals surface area contributed by atoms with Crippen LogP contribution >= 0.6 is 11.6 Å². The van der Waals surface area contributed by atoms with Crippen LogP contribution in [0.5, 0.6) is 0 Å². The van der Waals surface area contributed by atoms with E-state index in [1.165, 1.54) is 0 Å². The second-order valence-corrected chi connectivity index (χ2v) is 5.96. The van der Waals surface area contributed by atoms with Crippen LogP contribution in [-0.4, -0.2) is 36.0 Å². The molecule has 0 bridgehead atoms. The summed E-state index contributed by atoms with van der Waals surface area (Å²) in [4.78, 5) is 14.5. The zero-order valence-corrected chi connectivity index (χ0v) is 13.4. The third kappa shape index (κ3) is 3.57. The van der Waals surface area contributed by atoms with E-state index in [0.717, 1.165) is 5.56 Å². The lowest BCUT2D eigenvalue weighted by atomic mass is 9.92. The number of carbonyl (C=O) groups is 1. The van der Waals surface area contributed by atoms with Gasteiger partial charge in [0.15, 0.2) is 0 Å². The number of hydrogen-bond donors (Lipinski definition) is 1. The molecule has 4 nitrogen and oxygen atoms in total. The number of morpholine rings is 1. The molecule has 1 aliphatic rings. The van der Waals surface area contributed by atoms with E-state index in [1.807, 2.05) is 43.0 Å². The standard InChI is InChI=1S/C16H23ClN2O2/c1-3-16(18,4-2)15(20)19-9-10-21-14(11-19)12-5-7-13(17)8-6-12/h5-8,14H,3-4,9-11,18H2,1-2H3. The highest BCUT2D eigenvalue weighted by molar-refractivity contribution is 6.30. The molecule has 1 aromatic rings. The van der Waals surface area contributed by atoms with Crippen molar-refractivity contribution in [2.75, 3.05) is 19.7 Å². The topological polar surface area (TPSA) is 55.6 Å². The lowest BCUT2D eigenvalue weighted by Crippen LogP contribution is -2.57. The molecule has 1 atom stereocenters. The van der Waals surface area contributed by atoms with Crippen LogP contribution in [0.25, 0.3) is 0 Å². The first-order chi connectivity index (χ1) is 10.00. The van der Waals surface area contributed by atoms with E-state index in [2.05, 4.69) is 0 Å². The fourth-order valence-corrected chi connectivity index (χ4v) is 2.71. The van der Waals surface area contributed by atoms with Crippen LogP contribution in [0.3, 0.4) is 0 Å². The average Bonchev–Trinajstić information content (AvgIpc) is 2.54. The third-order valence-electron chi connectivity index (χ3n) is 4.28. The Morgan fingerprint density at radius 1 is 1.38 bits per heavy atom. The Morgan fingerprint density at radius 3 is 2.57 bits per heavy atom. The fraction of sp³-hybridized carbons (Fsp3) is 0.562. The van der Waals surface area contributed by atoms with Crippen molar-refractivity contribution in [2.24, 2.45) is 5.73 Å². The van der Waals surface area contributed by atoms with Gasteiger partial charge in [-0.2, -0.15) is 0 Å². The Balaban J connectivity index is 2.10. The molecule has 1 saturated heterocycles. The number of hydrogen-bond acceptors (Lipinski definition) is 3. The number of nitrogens with two attached hydrogens (primary N) is 1. The normalized spacial score (nSPS) is 19.6. The second kappa shape index (κ2) is 6.77. The average molecular weight is 311 g/mol. The highest BCUT2D eigenvalue weighted by atomic mass is 35.5. The summed E-state index contributed by atoms with van der Waals surface area (Å²) < 4.78 is 5.79. The van der Waals surface area contributed by atoms with Crippen molar-refractivity contribution in [3.05, 3.63) is 34.9 Å². The van der Waals surface area contributed by atoms with Crippen LogP contribution in [0, 0.1) is 0 Å². The first-order valence-corrected chi connectivity index (χ1v) is 7.83. The highest BCUT2D eigenvalue weighted by Crippen LogP contribution is 2.26. The van der Waals surface area contributed by atoms with Crippen LogP contribution in [0.15, 0.2) is 24.3 Å². The quantitative estimate of drug-likeness (QED) is 0.930. The van der Waals surface area contributed by atoms with Crippen LogP contribution in [0.1, 0.15) is 38.4 Å². The molecule has 116 valence electrons. The lowest BCUT2D eigenvalue weighted by molar-refractivity contribution is -0.145. The number of carbonyl (C=O) groups excluding carboxylic acids is 1. The van der Waals surface area contributed by atoms with Crippen molar-refractivity contribution in [3.63, 3.8) is 0 Å². The molecule has 1 fully saturated rings. The van der Waals surface area contributed by atoms with E-state index in [4.69, 9.17) is 22.1 Å². The first kappa shape index (κ1) is 16.3. The first-order valence-electron chi connectivity index (χ1n) is 7.45. The maximum Gasteiger partial charge on any atom is 0.242 e. The zero-order chi connectivity index (χ0) is 15.5. The van der Waals surface area contributed by atoms with Crippen molar-refractivity contribution in [2.45, 2.75) is 38.3 Å². The maximum absolute atomic E-state index is 12.6. The van der Waals surface area contributed by atoms with Crippen molar-refractivity contribution in [3.8, 4) is 0 Å². The minimum atomic E-state index is -0.762. The minimum absolute atomic E-state index is 0.0229. The van der Waals surface area contributed by atoms with Gasteiger partial charge in [-0.3, -0.25) is 4.79 Å². The Hall–Kier alpha value is -1.10. The molecule has 1 heterocycles. The van der Waals surface area contributed by atoms with Gasteiger partial charge in [0.05, 0.1) is 18.7 Å². The highest BCUT2D eigenvalue weighted by Gasteiger charge is 2.36. The summed E-state index contributed by atoms with van der Waals surface area (Å²) in [5.74, 6) is 0.0229. The number of rotatable bonds is 4. The molecule has 0 radical (unpaired) electrons. The van der Waals surface area contributed by atoms with Gasteiger partial charge in [0.25, 0.3) is 0 Å². The molecule has 0 spiro atoms. The van der Waals surface area contributed by atoms with Crippen molar-refractivity contribution >= 4 is 17.5 Å². The summed E-state index contributed by atoms with van der Waals surface area (Å²) in [6.07, 6.45) is 1.18. The summed E-state index contributed by atoms with van der Waals surface area (Å²) >= 11 is 5.91. The van der Waals surface area contributed by atoms with Gasteiger partial charge < -0.3 is 15.4 Å². The largest absolute Gasteiger partial charge is 0.370 e. The van der Waals surface area contributed by atoms with Gasteiger partial charge in [0, 0.05) is 11.6 Å². The van der Waals surface area contributed by atoms with E-state index >= 15 is 0 Å². The number of amides is 1. The Bertz CT molecular complexity index is 486. The van der Waals surface area contributed by atoms with Gasteiger partial charge in [-0.25, -0.2) is 0 Å². The molecule has 1 amide bonds. The second-order valence-electron chi connectivity index (χ2n) is 5.53. The summed E-state index contributed by atoms with van der Waals surface area (Å²) in [6.45, 7) is 5.58. The molecular formula is C16H23ClN2O2. The molecule has 1 aromatic carbocycles. The third-order valence-corrected chi connectivity index (χ3v) is 4.54. The van der Waals surface area contributed by atoms with Crippen LogP contribution in [-0.2, 0) is 9.53 Å². The smallest absolute Gasteiger partial charge is 0.242 e. The van der Waals surface area contributed by atoms with Gasteiger partial charge in [-0.15, -0.1) is 0 Å². The van der Waals surface area contributed by atoms with Gasteiger partial charge in [-0.1, -0.05) is 37.6 Å². The SMILES string of the molecule is CCC(N)(CC)C(=O)N1CCOC(c2ccc(Cl)cc2)C1. The van der Waals surface area contributed by atoms with Crippen molar-refractivity contribution < 1.29 is 9.53 Å². The molecule has 0 aliphatic carbocycles.